The minimum atomic E-state index is -0.525. The highest BCUT2D eigenvalue weighted by molar-refractivity contribution is 8.76. The van der Waals surface area contributed by atoms with Crippen LogP contribution in [0.1, 0.15) is 68.2 Å². The van der Waals surface area contributed by atoms with Gasteiger partial charge in [-0.25, -0.2) is 0 Å². The third-order valence-electron chi connectivity index (χ3n) is 9.88. The van der Waals surface area contributed by atoms with Crippen molar-refractivity contribution in [2.24, 2.45) is 11.8 Å². The summed E-state index contributed by atoms with van der Waals surface area (Å²) in [5.41, 5.74) is 2.66. The van der Waals surface area contributed by atoms with Crippen molar-refractivity contribution in [2.75, 3.05) is 26.0 Å². The zero-order valence-electron chi connectivity index (χ0n) is 28.7. The number of aromatic nitrogens is 1. The topological polar surface area (TPSA) is 140 Å². The minimum Gasteiger partial charge on any atom is -0.504 e. The molecule has 50 heavy (non-hydrogen) atoms. The van der Waals surface area contributed by atoms with Crippen molar-refractivity contribution < 1.29 is 39.1 Å². The number of aromatic hydroxyl groups is 3. The number of hydrogen-bond donors (Lipinski definition) is 4. The Hall–Kier alpha value is -3.32. The van der Waals surface area contributed by atoms with Crippen LogP contribution < -0.4 is 14.8 Å². The Morgan fingerprint density at radius 2 is 1.94 bits per heavy atom. The van der Waals surface area contributed by atoms with Gasteiger partial charge in [0.2, 0.25) is 5.75 Å². The molecule has 1 saturated heterocycles. The van der Waals surface area contributed by atoms with Crippen molar-refractivity contribution in [3.8, 4) is 28.7 Å². The number of phenolic OH excluding ortho intramolecular Hbond substituents is 3. The Labute approximate surface area is 302 Å². The van der Waals surface area contributed by atoms with Crippen LogP contribution in [0.2, 0.25) is 0 Å². The van der Waals surface area contributed by atoms with Gasteiger partial charge in [0.25, 0.3) is 0 Å². The van der Waals surface area contributed by atoms with Gasteiger partial charge < -0.3 is 39.6 Å². The van der Waals surface area contributed by atoms with Gasteiger partial charge >= 0.3 is 5.97 Å². The Balaban J connectivity index is 1.26. The third kappa shape index (κ3) is 9.51. The average Bonchev–Trinajstić information content (AvgIpc) is 3.11. The second-order valence-electron chi connectivity index (χ2n) is 13.6. The molecule has 0 unspecified atom stereocenters. The molecule has 10 nitrogen and oxygen atoms in total. The largest absolute Gasteiger partial charge is 0.504 e. The number of ether oxygens (including phenoxy) is 4. The van der Waals surface area contributed by atoms with E-state index < -0.39 is 12.2 Å². The summed E-state index contributed by atoms with van der Waals surface area (Å²) in [6.45, 7) is 2.59. The summed E-state index contributed by atoms with van der Waals surface area (Å²) in [5.74, 6) is 1.15. The van der Waals surface area contributed by atoms with E-state index in [0.717, 1.165) is 49.1 Å². The maximum absolute atomic E-state index is 12.2. The van der Waals surface area contributed by atoms with E-state index in [9.17, 15) is 20.1 Å². The lowest BCUT2D eigenvalue weighted by Crippen LogP contribution is -2.39. The number of benzene rings is 2. The van der Waals surface area contributed by atoms with Gasteiger partial charge in [-0.15, -0.1) is 0 Å². The molecule has 4 N–H and O–H groups in total. The fourth-order valence-corrected chi connectivity index (χ4v) is 10.7. The number of carbonyl (C=O) groups excluding carboxylic acids is 1. The highest BCUT2D eigenvalue weighted by atomic mass is 33.1. The standard InChI is InChI=1S/C38H48N2O8S2/c1-23(41)46-30-18-33(27-16-32(43)38(44)36(17-27)45-12-10-24-5-4-11-40-20-24)48-34(19-30)28-13-25-8-9-31(42)35(14-25)47-29-7-3-6-26(15-29)37(21-39-2)50-49-22-28/h4-5,8-9,11,14,16-17,20,26,28-30,33-34,37,39,42-44H,3,6-7,10,12-13,15,18-19,21-22H2,1-2H3/t26-,28+,29-,30-,33-,34+,37-/m0/s1. The van der Waals surface area contributed by atoms with E-state index in [1.807, 2.05) is 52.9 Å². The van der Waals surface area contributed by atoms with Crippen molar-refractivity contribution in [3.63, 3.8) is 0 Å². The molecule has 0 amide bonds. The molecule has 4 bridgehead atoms. The predicted molar refractivity (Wildman–Crippen MR) is 195 cm³/mol. The van der Waals surface area contributed by atoms with Gasteiger partial charge in [0.15, 0.2) is 23.0 Å². The SMILES string of the molecule is CNC[C@@H]1SSC[C@H]([C@H]2C[C@@H](OC(C)=O)C[C@@H](c3cc(O)c(O)c(OCCc4cccnc4)c3)O2)Cc2ccc(O)c(c2)O[C@H]2CCC[C@H]1C2. The second kappa shape index (κ2) is 17.3. The van der Waals surface area contributed by atoms with Crippen LogP contribution in [-0.4, -0.2) is 75.8 Å². The van der Waals surface area contributed by atoms with E-state index in [0.29, 0.717) is 48.2 Å². The fraction of sp³-hybridized carbons (Fsp3) is 0.526. The molecule has 0 radical (unpaired) electrons. The van der Waals surface area contributed by atoms with E-state index in [-0.39, 0.29) is 53.7 Å². The molecule has 2 aliphatic heterocycles. The molecule has 3 heterocycles. The lowest BCUT2D eigenvalue weighted by atomic mass is 9.84. The monoisotopic (exact) mass is 724 g/mol. The van der Waals surface area contributed by atoms with Crippen molar-refractivity contribution in [2.45, 2.75) is 88.0 Å². The molecule has 270 valence electrons. The van der Waals surface area contributed by atoms with Gasteiger partial charge in [-0.1, -0.05) is 33.7 Å². The number of esters is 1. The fourth-order valence-electron chi connectivity index (χ4n) is 7.38. The number of nitrogens with one attached hydrogen (secondary N) is 1. The quantitative estimate of drug-likeness (QED) is 0.105. The van der Waals surface area contributed by atoms with Crippen LogP contribution in [0.5, 0.6) is 28.7 Å². The first-order valence-corrected chi connectivity index (χ1v) is 20.0. The van der Waals surface area contributed by atoms with Crippen molar-refractivity contribution in [3.05, 3.63) is 71.5 Å². The van der Waals surface area contributed by atoms with Gasteiger partial charge in [0, 0.05) is 56.1 Å². The number of hydrogen-bond acceptors (Lipinski definition) is 12. The number of fused-ring (bicyclic) bond motifs is 4. The summed E-state index contributed by atoms with van der Waals surface area (Å²) in [7, 11) is 5.79. The molecule has 2 fully saturated rings. The molecule has 1 aromatic heterocycles. The van der Waals surface area contributed by atoms with Crippen LogP contribution >= 0.6 is 21.6 Å². The third-order valence-corrected chi connectivity index (χ3v) is 12.9. The van der Waals surface area contributed by atoms with Gasteiger partial charge in [0.05, 0.1) is 24.9 Å². The van der Waals surface area contributed by atoms with Crippen LogP contribution in [0.3, 0.4) is 0 Å². The number of carbonyl (C=O) groups is 1. The number of rotatable bonds is 9. The smallest absolute Gasteiger partial charge is 0.302 e. The Kier molecular flexibility index (Phi) is 12.6. The van der Waals surface area contributed by atoms with E-state index >= 15 is 0 Å². The molecule has 1 aliphatic carbocycles. The molecule has 2 aromatic carbocycles. The first kappa shape index (κ1) is 36.5. The lowest BCUT2D eigenvalue weighted by molar-refractivity contribution is -0.163. The predicted octanol–water partition coefficient (Wildman–Crippen LogP) is 6.75. The van der Waals surface area contributed by atoms with Crippen LogP contribution in [-0.2, 0) is 27.1 Å². The highest BCUT2D eigenvalue weighted by Gasteiger charge is 2.38. The molecular weight excluding hydrogens is 677 g/mol. The Bertz CT molecular complexity index is 1580. The number of phenols is 3. The molecule has 7 atom stereocenters. The summed E-state index contributed by atoms with van der Waals surface area (Å²) in [4.78, 5) is 16.4. The van der Waals surface area contributed by atoms with Crippen LogP contribution in [0.4, 0.5) is 0 Å². The van der Waals surface area contributed by atoms with Gasteiger partial charge in [0.1, 0.15) is 6.10 Å². The van der Waals surface area contributed by atoms with Crippen molar-refractivity contribution in [1.82, 2.24) is 10.3 Å². The van der Waals surface area contributed by atoms with Crippen molar-refractivity contribution >= 4 is 27.6 Å². The highest BCUT2D eigenvalue weighted by Crippen LogP contribution is 2.46. The van der Waals surface area contributed by atoms with Gasteiger partial charge in [-0.3, -0.25) is 9.78 Å². The van der Waals surface area contributed by atoms with E-state index in [1.54, 1.807) is 24.5 Å². The first-order valence-electron chi connectivity index (χ1n) is 17.6. The van der Waals surface area contributed by atoms with Gasteiger partial charge in [-0.2, -0.15) is 0 Å². The van der Waals surface area contributed by atoms with Crippen LogP contribution in [0.15, 0.2) is 54.9 Å². The summed E-state index contributed by atoms with van der Waals surface area (Å²) < 4.78 is 25.1. The zero-order chi connectivity index (χ0) is 35.0. The van der Waals surface area contributed by atoms with E-state index in [4.69, 9.17) is 18.9 Å². The molecule has 3 aromatic rings. The minimum absolute atomic E-state index is 0.0297. The maximum Gasteiger partial charge on any atom is 0.302 e. The first-order chi connectivity index (χ1) is 24.2. The van der Waals surface area contributed by atoms with Crippen LogP contribution in [0.25, 0.3) is 0 Å². The average molecular weight is 725 g/mol. The number of pyridine rings is 1. The molecule has 1 saturated carbocycles. The van der Waals surface area contributed by atoms with E-state index in [2.05, 4.69) is 10.3 Å². The van der Waals surface area contributed by atoms with Crippen LogP contribution in [0, 0.1) is 11.8 Å². The lowest BCUT2D eigenvalue weighted by Gasteiger charge is -2.39. The molecular formula is C38H48N2O8S2. The summed E-state index contributed by atoms with van der Waals surface area (Å²) in [6.07, 6.45) is 8.68. The van der Waals surface area contributed by atoms with Crippen molar-refractivity contribution in [1.29, 1.82) is 0 Å². The maximum atomic E-state index is 12.2. The number of nitrogens with zero attached hydrogens (tertiary/aromatic N) is 1. The Morgan fingerprint density at radius 1 is 1.06 bits per heavy atom. The molecule has 3 aliphatic rings. The van der Waals surface area contributed by atoms with E-state index in [1.165, 1.54) is 13.0 Å². The summed E-state index contributed by atoms with van der Waals surface area (Å²) in [5, 5.41) is 36.0. The molecule has 6 rings (SSSR count). The molecule has 0 spiro atoms. The molecule has 12 heteroatoms. The zero-order valence-corrected chi connectivity index (χ0v) is 30.3. The normalized spacial score (nSPS) is 27.1. The van der Waals surface area contributed by atoms with Gasteiger partial charge in [-0.05, 0) is 98.0 Å². The Morgan fingerprint density at radius 3 is 2.74 bits per heavy atom. The summed E-state index contributed by atoms with van der Waals surface area (Å²) in [6, 6.07) is 12.6. The summed E-state index contributed by atoms with van der Waals surface area (Å²) >= 11 is 0. The second-order valence-corrected chi connectivity index (χ2v) is 16.3.